The van der Waals surface area contributed by atoms with Crippen molar-refractivity contribution in [2.45, 2.75) is 57.8 Å². The maximum absolute atomic E-state index is 12.3. The Morgan fingerprint density at radius 2 is 2.00 bits per heavy atom. The molecule has 0 aromatic rings. The van der Waals surface area contributed by atoms with Gasteiger partial charge in [-0.05, 0) is 46.0 Å². The molecule has 158 valence electrons. The van der Waals surface area contributed by atoms with E-state index in [4.69, 9.17) is 4.74 Å². The Balaban J connectivity index is 0.00000364. The van der Waals surface area contributed by atoms with Gasteiger partial charge in [-0.2, -0.15) is 11.8 Å². The first-order valence-electron chi connectivity index (χ1n) is 9.87. The molecule has 0 aromatic carbocycles. The molecule has 0 aliphatic carbocycles. The molecular weight excluding hydrogens is 475 g/mol. The number of carbonyl (C=O) groups is 1. The molecule has 2 rings (SSSR count). The van der Waals surface area contributed by atoms with Gasteiger partial charge in [0.15, 0.2) is 5.96 Å². The molecule has 27 heavy (non-hydrogen) atoms. The van der Waals surface area contributed by atoms with Crippen LogP contribution in [0.2, 0.25) is 0 Å². The molecule has 1 N–H and O–H groups in total. The minimum absolute atomic E-state index is 0. The maximum atomic E-state index is 12.3. The normalized spacial score (nSPS) is 24.3. The summed E-state index contributed by atoms with van der Waals surface area (Å²) in [4.78, 5) is 21.0. The van der Waals surface area contributed by atoms with Gasteiger partial charge in [0, 0.05) is 50.8 Å². The van der Waals surface area contributed by atoms with Crippen molar-refractivity contribution in [3.05, 3.63) is 0 Å². The lowest BCUT2D eigenvalue weighted by atomic mass is 9.98. The van der Waals surface area contributed by atoms with Crippen LogP contribution in [-0.4, -0.2) is 78.2 Å². The van der Waals surface area contributed by atoms with Gasteiger partial charge < -0.3 is 19.9 Å². The number of ether oxygens (including phenoxy) is 1. The highest BCUT2D eigenvalue weighted by atomic mass is 127. The van der Waals surface area contributed by atoms with E-state index in [0.717, 1.165) is 57.3 Å². The number of hydrogen-bond donors (Lipinski definition) is 1. The molecule has 2 aliphatic heterocycles. The summed E-state index contributed by atoms with van der Waals surface area (Å²) >= 11 is 2.07. The Hall–Kier alpha value is -0.380. The van der Waals surface area contributed by atoms with E-state index in [1.807, 2.05) is 32.7 Å². The smallest absolute Gasteiger partial charge is 0.410 e. The van der Waals surface area contributed by atoms with Crippen LogP contribution in [0.15, 0.2) is 4.99 Å². The molecule has 8 heteroatoms. The molecule has 0 aromatic heterocycles. The van der Waals surface area contributed by atoms with E-state index >= 15 is 0 Å². The molecule has 0 radical (unpaired) electrons. The van der Waals surface area contributed by atoms with E-state index < -0.39 is 5.60 Å². The largest absolute Gasteiger partial charge is 0.444 e. The van der Waals surface area contributed by atoms with Crippen LogP contribution < -0.4 is 5.32 Å². The minimum Gasteiger partial charge on any atom is -0.444 e. The number of rotatable bonds is 3. The summed E-state index contributed by atoms with van der Waals surface area (Å²) in [7, 11) is 1.86. The third-order valence-electron chi connectivity index (χ3n) is 4.82. The van der Waals surface area contributed by atoms with Gasteiger partial charge in [0.25, 0.3) is 0 Å². The fourth-order valence-electron chi connectivity index (χ4n) is 3.45. The number of nitrogens with zero attached hydrogens (tertiary/aromatic N) is 3. The zero-order chi connectivity index (χ0) is 19.2. The third-order valence-corrected chi connectivity index (χ3v) is 6.20. The van der Waals surface area contributed by atoms with Crippen LogP contribution in [0.4, 0.5) is 4.79 Å². The van der Waals surface area contributed by atoms with Gasteiger partial charge in [0.2, 0.25) is 0 Å². The van der Waals surface area contributed by atoms with Gasteiger partial charge >= 0.3 is 6.09 Å². The van der Waals surface area contributed by atoms with E-state index in [1.165, 1.54) is 6.42 Å². The van der Waals surface area contributed by atoms with Gasteiger partial charge in [-0.3, -0.25) is 4.99 Å². The van der Waals surface area contributed by atoms with Crippen molar-refractivity contribution in [3.8, 4) is 0 Å². The second-order valence-corrected chi connectivity index (χ2v) is 9.62. The van der Waals surface area contributed by atoms with Crippen LogP contribution in [0.3, 0.4) is 0 Å². The summed E-state index contributed by atoms with van der Waals surface area (Å²) in [5.41, 5.74) is -0.438. The monoisotopic (exact) mass is 512 g/mol. The zero-order valence-electron chi connectivity index (χ0n) is 17.5. The van der Waals surface area contributed by atoms with E-state index in [2.05, 4.69) is 33.9 Å². The van der Waals surface area contributed by atoms with E-state index in [9.17, 15) is 4.79 Å². The number of hydrogen-bond acceptors (Lipinski definition) is 4. The van der Waals surface area contributed by atoms with Gasteiger partial charge in [-0.15, -0.1) is 24.0 Å². The fraction of sp³-hybridized carbons (Fsp3) is 0.895. The molecule has 2 fully saturated rings. The van der Waals surface area contributed by atoms with Crippen molar-refractivity contribution in [2.75, 3.05) is 45.5 Å². The Morgan fingerprint density at radius 3 is 2.63 bits per heavy atom. The van der Waals surface area contributed by atoms with Gasteiger partial charge in [-0.1, -0.05) is 6.92 Å². The predicted octanol–water partition coefficient (Wildman–Crippen LogP) is 3.65. The molecule has 2 atom stereocenters. The number of halogens is 1. The lowest BCUT2D eigenvalue weighted by Gasteiger charge is -2.36. The zero-order valence-corrected chi connectivity index (χ0v) is 20.6. The minimum atomic E-state index is -0.438. The van der Waals surface area contributed by atoms with Gasteiger partial charge in [0.05, 0.1) is 0 Å². The van der Waals surface area contributed by atoms with Crippen molar-refractivity contribution in [1.82, 2.24) is 15.1 Å². The standard InChI is InChI=1S/C19H36N4O2S.HI/c1-6-16-14-22(10-11-26-16)17(20-5)21-12-15-8-7-9-23(13-15)18(24)25-19(2,3)4;/h15-16H,6-14H2,1-5H3,(H,20,21);1H. The highest BCUT2D eigenvalue weighted by molar-refractivity contribution is 14.0. The lowest BCUT2D eigenvalue weighted by molar-refractivity contribution is 0.0168. The molecule has 1 amide bonds. The fourth-order valence-corrected chi connectivity index (χ4v) is 4.63. The van der Waals surface area contributed by atoms with Crippen molar-refractivity contribution in [1.29, 1.82) is 0 Å². The quantitative estimate of drug-likeness (QED) is 0.356. The molecule has 0 spiro atoms. The molecule has 2 saturated heterocycles. The molecule has 0 saturated carbocycles. The molecule has 6 nitrogen and oxygen atoms in total. The van der Waals surface area contributed by atoms with Crippen LogP contribution in [0.5, 0.6) is 0 Å². The predicted molar refractivity (Wildman–Crippen MR) is 125 cm³/mol. The maximum Gasteiger partial charge on any atom is 0.410 e. The first-order chi connectivity index (χ1) is 12.3. The van der Waals surface area contributed by atoms with Crippen molar-refractivity contribution < 1.29 is 9.53 Å². The summed E-state index contributed by atoms with van der Waals surface area (Å²) in [6, 6.07) is 0. The highest BCUT2D eigenvalue weighted by Crippen LogP contribution is 2.22. The lowest BCUT2D eigenvalue weighted by Crippen LogP contribution is -2.50. The average Bonchev–Trinajstić information content (AvgIpc) is 2.61. The number of thioether (sulfide) groups is 1. The first-order valence-corrected chi connectivity index (χ1v) is 10.9. The van der Waals surface area contributed by atoms with Crippen LogP contribution >= 0.6 is 35.7 Å². The summed E-state index contributed by atoms with van der Waals surface area (Å²) in [6.07, 6.45) is 3.18. The summed E-state index contributed by atoms with van der Waals surface area (Å²) in [5.74, 6) is 2.60. The van der Waals surface area contributed by atoms with Crippen LogP contribution in [0.1, 0.15) is 47.0 Å². The number of guanidine groups is 1. The average molecular weight is 513 g/mol. The number of amides is 1. The molecule has 2 aliphatic rings. The Labute approximate surface area is 186 Å². The molecular formula is C19H37IN4O2S. The van der Waals surface area contributed by atoms with E-state index in [-0.39, 0.29) is 30.1 Å². The third kappa shape index (κ3) is 8.25. The summed E-state index contributed by atoms with van der Waals surface area (Å²) in [6.45, 7) is 12.5. The van der Waals surface area contributed by atoms with Crippen LogP contribution in [0.25, 0.3) is 0 Å². The second kappa shape index (κ2) is 11.6. The van der Waals surface area contributed by atoms with Crippen LogP contribution in [0, 0.1) is 5.92 Å². The highest BCUT2D eigenvalue weighted by Gasteiger charge is 2.28. The summed E-state index contributed by atoms with van der Waals surface area (Å²) < 4.78 is 5.52. The topological polar surface area (TPSA) is 57.2 Å². The SMILES string of the molecule is CCC1CN(C(=NC)NCC2CCCN(C(=O)OC(C)(C)C)C2)CCS1.I. The van der Waals surface area contributed by atoms with Crippen LogP contribution in [-0.2, 0) is 4.74 Å². The number of nitrogens with one attached hydrogen (secondary N) is 1. The van der Waals surface area contributed by atoms with Gasteiger partial charge in [-0.25, -0.2) is 4.79 Å². The Morgan fingerprint density at radius 1 is 1.26 bits per heavy atom. The Kier molecular flexibility index (Phi) is 10.6. The number of carbonyl (C=O) groups excluding carboxylic acids is 1. The van der Waals surface area contributed by atoms with Crippen molar-refractivity contribution >= 4 is 47.8 Å². The summed E-state index contributed by atoms with van der Waals surface area (Å²) in [5, 5.41) is 4.24. The molecule has 2 heterocycles. The first kappa shape index (κ1) is 24.7. The second-order valence-electron chi connectivity index (χ2n) is 8.21. The molecule has 2 unspecified atom stereocenters. The number of piperidine rings is 1. The Bertz CT molecular complexity index is 499. The number of aliphatic imine (C=N–C) groups is 1. The molecule has 0 bridgehead atoms. The van der Waals surface area contributed by atoms with Crippen molar-refractivity contribution in [3.63, 3.8) is 0 Å². The van der Waals surface area contributed by atoms with Gasteiger partial charge in [0.1, 0.15) is 5.60 Å². The van der Waals surface area contributed by atoms with E-state index in [1.54, 1.807) is 0 Å². The van der Waals surface area contributed by atoms with E-state index in [0.29, 0.717) is 11.2 Å². The van der Waals surface area contributed by atoms with Crippen molar-refractivity contribution in [2.24, 2.45) is 10.9 Å². The number of likely N-dealkylation sites (tertiary alicyclic amines) is 1.